The lowest BCUT2D eigenvalue weighted by Gasteiger charge is -2.25. The van der Waals surface area contributed by atoms with Crippen molar-refractivity contribution in [2.45, 2.75) is 18.9 Å². The summed E-state index contributed by atoms with van der Waals surface area (Å²) < 4.78 is 5.98. The Morgan fingerprint density at radius 3 is 2.58 bits per heavy atom. The Balaban J connectivity index is 1.84. The van der Waals surface area contributed by atoms with Gasteiger partial charge in [0.05, 0.1) is 15.1 Å². The van der Waals surface area contributed by atoms with Gasteiger partial charge in [0.25, 0.3) is 0 Å². The quantitative estimate of drug-likeness (QED) is 0.446. The van der Waals surface area contributed by atoms with E-state index in [2.05, 4.69) is 4.98 Å². The molecule has 0 aliphatic carbocycles. The van der Waals surface area contributed by atoms with Crippen molar-refractivity contribution in [1.82, 2.24) is 9.88 Å². The Kier molecular flexibility index (Phi) is 6.18. The molecule has 3 atom stereocenters. The molecule has 138 valence electrons. The van der Waals surface area contributed by atoms with E-state index < -0.39 is 5.37 Å². The van der Waals surface area contributed by atoms with Crippen LogP contribution in [0.25, 0.3) is 0 Å². The van der Waals surface area contributed by atoms with Gasteiger partial charge in [0, 0.05) is 37.2 Å². The summed E-state index contributed by atoms with van der Waals surface area (Å²) in [5.74, 6) is 0.521. The smallest absolute Gasteiger partial charge is 0.316 e. The number of hydrogen-bond donors (Lipinski definition) is 0. The largest absolute Gasteiger partial charge is 0.474 e. The van der Waals surface area contributed by atoms with Crippen LogP contribution in [-0.4, -0.2) is 34.4 Å². The monoisotopic (exact) mass is 432 g/mol. The van der Waals surface area contributed by atoms with Gasteiger partial charge < -0.3 is 9.64 Å². The number of rotatable bonds is 4. The first-order chi connectivity index (χ1) is 12.3. The van der Waals surface area contributed by atoms with Gasteiger partial charge in [-0.05, 0) is 42.3 Å². The van der Waals surface area contributed by atoms with E-state index in [-0.39, 0.29) is 17.9 Å². The van der Waals surface area contributed by atoms with Crippen molar-refractivity contribution in [3.8, 4) is 5.88 Å². The fraction of sp³-hybridized carbons (Fsp3) is 0.333. The second kappa shape index (κ2) is 8.22. The fourth-order valence-electron chi connectivity index (χ4n) is 3.25. The molecule has 0 N–H and O–H groups in total. The summed E-state index contributed by atoms with van der Waals surface area (Å²) in [6.45, 7) is 2.93. The van der Waals surface area contributed by atoms with Gasteiger partial charge in [-0.25, -0.2) is 4.98 Å². The van der Waals surface area contributed by atoms with E-state index in [1.165, 1.54) is 6.20 Å². The van der Waals surface area contributed by atoms with Gasteiger partial charge in [0.2, 0.25) is 5.88 Å². The molecular formula is C18H16Cl4N2O2. The molecule has 0 spiro atoms. The van der Waals surface area contributed by atoms with Gasteiger partial charge in [-0.2, -0.15) is 0 Å². The predicted octanol–water partition coefficient (Wildman–Crippen LogP) is 5.88. The molecule has 1 aromatic heterocycles. The number of likely N-dealkylation sites (tertiary alicyclic amines) is 1. The number of carbonyl (C=O) groups is 1. The van der Waals surface area contributed by atoms with Crippen molar-refractivity contribution in [2.24, 2.45) is 5.92 Å². The van der Waals surface area contributed by atoms with Crippen LogP contribution in [0.15, 0.2) is 36.5 Å². The van der Waals surface area contributed by atoms with Crippen LogP contribution in [0.2, 0.25) is 15.1 Å². The van der Waals surface area contributed by atoms with Crippen molar-refractivity contribution in [2.75, 3.05) is 13.1 Å². The van der Waals surface area contributed by atoms with Gasteiger partial charge in [-0.15, -0.1) is 0 Å². The summed E-state index contributed by atoms with van der Waals surface area (Å²) in [7, 11) is 0. The maximum Gasteiger partial charge on any atom is 0.316 e. The number of aromatic nitrogens is 1. The first kappa shape index (κ1) is 19.6. The number of pyridine rings is 1. The molecule has 4 nitrogen and oxygen atoms in total. The minimum absolute atomic E-state index is 0.0208. The number of carbonyl (C=O) groups excluding carboxylic acids is 1. The second-order valence-corrected chi connectivity index (χ2v) is 7.81. The maximum atomic E-state index is 11.7. The first-order valence-electron chi connectivity index (χ1n) is 8.02. The molecule has 1 fully saturated rings. The van der Waals surface area contributed by atoms with E-state index in [4.69, 9.17) is 51.1 Å². The molecular weight excluding hydrogens is 418 g/mol. The second-order valence-electron chi connectivity index (χ2n) is 6.24. The molecule has 0 unspecified atom stereocenters. The number of ether oxygens (including phenoxy) is 1. The molecule has 26 heavy (non-hydrogen) atoms. The minimum Gasteiger partial charge on any atom is -0.474 e. The van der Waals surface area contributed by atoms with Crippen LogP contribution in [-0.2, 0) is 0 Å². The standard InChI is InChI=1S/C18H16Cl4N2O2/c1-10(26-17-5-3-12(19)7-23-17)13-8-24(18(22)25)9-14(13)11-2-4-15(20)16(21)6-11/h2-7,10,13-14H,8-9H2,1H3/t10-,13-,14+/m0/s1. The third kappa shape index (κ3) is 4.37. The summed E-state index contributed by atoms with van der Waals surface area (Å²) in [6.07, 6.45) is 1.33. The van der Waals surface area contributed by atoms with Crippen LogP contribution >= 0.6 is 46.4 Å². The summed E-state index contributed by atoms with van der Waals surface area (Å²) in [6, 6.07) is 8.94. The topological polar surface area (TPSA) is 42.4 Å². The van der Waals surface area contributed by atoms with Crippen LogP contribution in [0.4, 0.5) is 4.79 Å². The highest BCUT2D eigenvalue weighted by Gasteiger charge is 2.40. The summed E-state index contributed by atoms with van der Waals surface area (Å²) in [5, 5.41) is 1.03. The van der Waals surface area contributed by atoms with Crippen LogP contribution in [0, 0.1) is 5.92 Å². The number of halogens is 4. The van der Waals surface area contributed by atoms with E-state index >= 15 is 0 Å². The lowest BCUT2D eigenvalue weighted by Crippen LogP contribution is -2.30. The third-order valence-electron chi connectivity index (χ3n) is 4.60. The summed E-state index contributed by atoms with van der Waals surface area (Å²) in [4.78, 5) is 17.5. The molecule has 2 aromatic rings. The summed E-state index contributed by atoms with van der Waals surface area (Å²) >= 11 is 23.8. The van der Waals surface area contributed by atoms with E-state index in [1.807, 2.05) is 19.1 Å². The van der Waals surface area contributed by atoms with Gasteiger partial charge in [0.15, 0.2) is 0 Å². The minimum atomic E-state index is -0.477. The normalized spacial score (nSPS) is 20.9. The Bertz CT molecular complexity index is 800. The van der Waals surface area contributed by atoms with Crippen LogP contribution in [0.3, 0.4) is 0 Å². The molecule has 1 saturated heterocycles. The Morgan fingerprint density at radius 2 is 1.96 bits per heavy atom. The Hall–Kier alpha value is -1.20. The maximum absolute atomic E-state index is 11.7. The van der Waals surface area contributed by atoms with Crippen LogP contribution in [0.5, 0.6) is 5.88 Å². The van der Waals surface area contributed by atoms with Crippen molar-refractivity contribution < 1.29 is 9.53 Å². The van der Waals surface area contributed by atoms with Crippen molar-refractivity contribution in [3.05, 3.63) is 57.2 Å². The average Bonchev–Trinajstić information content (AvgIpc) is 3.05. The molecule has 0 bridgehead atoms. The summed E-state index contributed by atoms with van der Waals surface area (Å²) in [5.41, 5.74) is 0.990. The predicted molar refractivity (Wildman–Crippen MR) is 105 cm³/mol. The van der Waals surface area contributed by atoms with Gasteiger partial charge in [-0.3, -0.25) is 4.79 Å². The Labute approximate surface area is 172 Å². The lowest BCUT2D eigenvalue weighted by atomic mass is 9.86. The number of amides is 1. The van der Waals surface area contributed by atoms with Crippen molar-refractivity contribution in [3.63, 3.8) is 0 Å². The fourth-order valence-corrected chi connectivity index (χ4v) is 3.81. The van der Waals surface area contributed by atoms with Crippen LogP contribution in [0.1, 0.15) is 18.4 Å². The molecule has 1 aromatic carbocycles. The molecule has 2 heterocycles. The molecule has 1 aliphatic heterocycles. The average molecular weight is 434 g/mol. The van der Waals surface area contributed by atoms with E-state index in [0.29, 0.717) is 34.0 Å². The highest BCUT2D eigenvalue weighted by Crippen LogP contribution is 2.38. The Morgan fingerprint density at radius 1 is 1.19 bits per heavy atom. The lowest BCUT2D eigenvalue weighted by molar-refractivity contribution is 0.141. The van der Waals surface area contributed by atoms with E-state index in [9.17, 15) is 4.79 Å². The molecule has 1 amide bonds. The molecule has 0 radical (unpaired) electrons. The number of nitrogens with zero attached hydrogens (tertiary/aromatic N) is 2. The highest BCUT2D eigenvalue weighted by atomic mass is 35.5. The zero-order valence-electron chi connectivity index (χ0n) is 13.8. The first-order valence-corrected chi connectivity index (χ1v) is 9.54. The SMILES string of the molecule is C[C@H](Oc1ccc(Cl)cn1)[C@@H]1CN(C(=O)Cl)C[C@@H]1c1ccc(Cl)c(Cl)c1. The van der Waals surface area contributed by atoms with Crippen molar-refractivity contribution >= 4 is 51.8 Å². The van der Waals surface area contributed by atoms with E-state index in [0.717, 1.165) is 5.56 Å². The zero-order valence-corrected chi connectivity index (χ0v) is 16.9. The number of benzene rings is 1. The van der Waals surface area contributed by atoms with Crippen molar-refractivity contribution in [1.29, 1.82) is 0 Å². The zero-order chi connectivity index (χ0) is 18.8. The number of hydrogen-bond acceptors (Lipinski definition) is 3. The molecule has 8 heteroatoms. The van der Waals surface area contributed by atoms with E-state index in [1.54, 1.807) is 23.1 Å². The highest BCUT2D eigenvalue weighted by molar-refractivity contribution is 6.62. The molecule has 0 saturated carbocycles. The van der Waals surface area contributed by atoms with Gasteiger partial charge in [0.1, 0.15) is 6.10 Å². The third-order valence-corrected chi connectivity index (χ3v) is 5.80. The molecule has 1 aliphatic rings. The molecule has 3 rings (SSSR count). The van der Waals surface area contributed by atoms with Crippen LogP contribution < -0.4 is 4.74 Å². The van der Waals surface area contributed by atoms with Gasteiger partial charge >= 0.3 is 5.37 Å². The van der Waals surface area contributed by atoms with Gasteiger partial charge in [-0.1, -0.05) is 40.9 Å².